The van der Waals surface area contributed by atoms with Crippen LogP contribution in [0.1, 0.15) is 39.7 Å². The van der Waals surface area contributed by atoms with Crippen LogP contribution < -0.4 is 5.32 Å². The molecule has 1 unspecified atom stereocenters. The zero-order chi connectivity index (χ0) is 15.9. The molecule has 0 aliphatic heterocycles. The predicted octanol–water partition coefficient (Wildman–Crippen LogP) is 2.87. The number of hydrogen-bond acceptors (Lipinski definition) is 4. The summed E-state index contributed by atoms with van der Waals surface area (Å²) in [6.07, 6.45) is 0.662. The topological polar surface area (TPSA) is 47.6 Å². The van der Waals surface area contributed by atoms with Crippen LogP contribution in [0, 0.1) is 0 Å². The average molecular weight is 293 g/mol. The van der Waals surface area contributed by atoms with Crippen LogP contribution in [0.4, 0.5) is 0 Å². The van der Waals surface area contributed by atoms with E-state index in [1.807, 2.05) is 58.0 Å². The molecule has 0 radical (unpaired) electrons. The van der Waals surface area contributed by atoms with Gasteiger partial charge in [0.2, 0.25) is 0 Å². The standard InChI is InChI=1S/C17H27NO3/c1-13(2)18-17(16(19)20-5,11-12-21-14(3)4)15-9-7-6-8-10-15/h6-10,13-14,18H,11-12H2,1-5H3. The Labute approximate surface area is 127 Å². The molecule has 0 amide bonds. The second kappa shape index (κ2) is 8.15. The minimum Gasteiger partial charge on any atom is -0.467 e. The van der Waals surface area contributed by atoms with E-state index in [0.717, 1.165) is 5.56 Å². The van der Waals surface area contributed by atoms with Gasteiger partial charge in [-0.1, -0.05) is 30.3 Å². The summed E-state index contributed by atoms with van der Waals surface area (Å²) >= 11 is 0. The van der Waals surface area contributed by atoms with Gasteiger partial charge < -0.3 is 9.47 Å². The van der Waals surface area contributed by atoms with Crippen molar-refractivity contribution < 1.29 is 14.3 Å². The Balaban J connectivity index is 3.12. The molecule has 1 rings (SSSR count). The zero-order valence-corrected chi connectivity index (χ0v) is 13.7. The van der Waals surface area contributed by atoms with Gasteiger partial charge in [-0.25, -0.2) is 4.79 Å². The summed E-state index contributed by atoms with van der Waals surface area (Å²) < 4.78 is 10.7. The summed E-state index contributed by atoms with van der Waals surface area (Å²) in [7, 11) is 1.42. The number of esters is 1. The number of ether oxygens (including phenoxy) is 2. The molecule has 0 heterocycles. The van der Waals surface area contributed by atoms with Gasteiger partial charge in [0.1, 0.15) is 5.54 Å². The summed E-state index contributed by atoms with van der Waals surface area (Å²) in [5.74, 6) is -0.283. The summed E-state index contributed by atoms with van der Waals surface area (Å²) in [5.41, 5.74) is 0.0249. The maximum Gasteiger partial charge on any atom is 0.330 e. The van der Waals surface area contributed by atoms with Gasteiger partial charge in [0.05, 0.1) is 13.2 Å². The lowest BCUT2D eigenvalue weighted by molar-refractivity contribution is -0.150. The van der Waals surface area contributed by atoms with Crippen molar-refractivity contribution in [2.75, 3.05) is 13.7 Å². The molecule has 0 saturated heterocycles. The lowest BCUT2D eigenvalue weighted by atomic mass is 9.86. The third kappa shape index (κ3) is 4.83. The van der Waals surface area contributed by atoms with Crippen molar-refractivity contribution >= 4 is 5.97 Å². The fraction of sp³-hybridized carbons (Fsp3) is 0.588. The monoisotopic (exact) mass is 293 g/mol. The van der Waals surface area contributed by atoms with E-state index in [2.05, 4.69) is 5.32 Å². The average Bonchev–Trinajstić information content (AvgIpc) is 2.45. The fourth-order valence-electron chi connectivity index (χ4n) is 2.42. The van der Waals surface area contributed by atoms with Gasteiger partial charge in [0.15, 0.2) is 0 Å². The first-order chi connectivity index (χ1) is 9.92. The van der Waals surface area contributed by atoms with Crippen molar-refractivity contribution in [3.05, 3.63) is 35.9 Å². The van der Waals surface area contributed by atoms with Gasteiger partial charge in [0.25, 0.3) is 0 Å². The van der Waals surface area contributed by atoms with Crippen molar-refractivity contribution in [3.8, 4) is 0 Å². The van der Waals surface area contributed by atoms with Crippen LogP contribution in [0.3, 0.4) is 0 Å². The van der Waals surface area contributed by atoms with Crippen LogP contribution in [0.15, 0.2) is 30.3 Å². The first-order valence-electron chi connectivity index (χ1n) is 7.45. The van der Waals surface area contributed by atoms with E-state index >= 15 is 0 Å². The van der Waals surface area contributed by atoms with Gasteiger partial charge in [-0.3, -0.25) is 5.32 Å². The van der Waals surface area contributed by atoms with Gasteiger partial charge >= 0.3 is 5.97 Å². The van der Waals surface area contributed by atoms with Crippen LogP contribution in [-0.2, 0) is 19.8 Å². The summed E-state index contributed by atoms with van der Waals surface area (Å²) in [4.78, 5) is 12.5. The molecule has 4 nitrogen and oxygen atoms in total. The highest BCUT2D eigenvalue weighted by Gasteiger charge is 2.41. The maximum absolute atomic E-state index is 12.5. The van der Waals surface area contributed by atoms with E-state index in [1.165, 1.54) is 7.11 Å². The Morgan fingerprint density at radius 3 is 2.29 bits per heavy atom. The lowest BCUT2D eigenvalue weighted by Gasteiger charge is -2.34. The van der Waals surface area contributed by atoms with Crippen molar-refractivity contribution in [2.24, 2.45) is 0 Å². The van der Waals surface area contributed by atoms with E-state index < -0.39 is 5.54 Å². The number of carbonyl (C=O) groups is 1. The lowest BCUT2D eigenvalue weighted by Crippen LogP contribution is -2.53. The molecule has 0 saturated carbocycles. The fourth-order valence-corrected chi connectivity index (χ4v) is 2.42. The van der Waals surface area contributed by atoms with Crippen LogP contribution in [0.5, 0.6) is 0 Å². The SMILES string of the molecule is COC(=O)C(CCOC(C)C)(NC(C)C)c1ccccc1. The minimum atomic E-state index is -0.876. The largest absolute Gasteiger partial charge is 0.467 e. The van der Waals surface area contributed by atoms with Crippen LogP contribution >= 0.6 is 0 Å². The van der Waals surface area contributed by atoms with E-state index in [-0.39, 0.29) is 18.1 Å². The first-order valence-corrected chi connectivity index (χ1v) is 7.45. The maximum atomic E-state index is 12.5. The van der Waals surface area contributed by atoms with E-state index in [0.29, 0.717) is 13.0 Å². The Hall–Kier alpha value is -1.39. The molecule has 4 heteroatoms. The first kappa shape index (κ1) is 17.7. The minimum absolute atomic E-state index is 0.134. The number of benzene rings is 1. The highest BCUT2D eigenvalue weighted by Crippen LogP contribution is 2.28. The van der Waals surface area contributed by atoms with Crippen molar-refractivity contribution in [3.63, 3.8) is 0 Å². The molecule has 1 atom stereocenters. The molecule has 0 bridgehead atoms. The second-order valence-corrected chi connectivity index (χ2v) is 5.73. The van der Waals surface area contributed by atoms with Crippen LogP contribution in [-0.4, -0.2) is 31.8 Å². The molecule has 1 aromatic carbocycles. The quantitative estimate of drug-likeness (QED) is 0.749. The summed E-state index contributed by atoms with van der Waals surface area (Å²) in [6, 6.07) is 9.83. The second-order valence-electron chi connectivity index (χ2n) is 5.73. The van der Waals surface area contributed by atoms with E-state index in [1.54, 1.807) is 0 Å². The van der Waals surface area contributed by atoms with Gasteiger partial charge in [0, 0.05) is 19.1 Å². The zero-order valence-electron chi connectivity index (χ0n) is 13.7. The highest BCUT2D eigenvalue weighted by molar-refractivity contribution is 5.82. The molecule has 1 N–H and O–H groups in total. The van der Waals surface area contributed by atoms with Crippen molar-refractivity contribution in [2.45, 2.75) is 51.8 Å². The highest BCUT2D eigenvalue weighted by atomic mass is 16.5. The van der Waals surface area contributed by atoms with Crippen LogP contribution in [0.2, 0.25) is 0 Å². The number of nitrogens with one attached hydrogen (secondary N) is 1. The molecular weight excluding hydrogens is 266 g/mol. The number of carbonyl (C=O) groups excluding carboxylic acids is 1. The Kier molecular flexibility index (Phi) is 6.85. The molecule has 0 spiro atoms. The smallest absolute Gasteiger partial charge is 0.330 e. The number of methoxy groups -OCH3 is 1. The molecular formula is C17H27NO3. The normalized spacial score (nSPS) is 14.2. The number of hydrogen-bond donors (Lipinski definition) is 1. The molecule has 118 valence electrons. The number of rotatable bonds is 8. The van der Waals surface area contributed by atoms with Crippen LogP contribution in [0.25, 0.3) is 0 Å². The Bertz CT molecular complexity index is 431. The molecule has 1 aromatic rings. The Morgan fingerprint density at radius 1 is 1.19 bits per heavy atom. The van der Waals surface area contributed by atoms with Crippen molar-refractivity contribution in [1.29, 1.82) is 0 Å². The summed E-state index contributed by atoms with van der Waals surface area (Å²) in [5, 5.41) is 3.38. The summed E-state index contributed by atoms with van der Waals surface area (Å²) in [6.45, 7) is 8.49. The van der Waals surface area contributed by atoms with Gasteiger partial charge in [-0.05, 0) is 33.3 Å². The van der Waals surface area contributed by atoms with E-state index in [9.17, 15) is 4.79 Å². The molecule has 0 aliphatic carbocycles. The Morgan fingerprint density at radius 2 is 1.81 bits per heavy atom. The van der Waals surface area contributed by atoms with E-state index in [4.69, 9.17) is 9.47 Å². The molecule has 0 fully saturated rings. The van der Waals surface area contributed by atoms with Crippen molar-refractivity contribution in [1.82, 2.24) is 5.32 Å². The third-order valence-electron chi connectivity index (χ3n) is 3.26. The molecule has 0 aromatic heterocycles. The third-order valence-corrected chi connectivity index (χ3v) is 3.26. The van der Waals surface area contributed by atoms with Gasteiger partial charge in [-0.15, -0.1) is 0 Å². The predicted molar refractivity (Wildman–Crippen MR) is 84.1 cm³/mol. The molecule has 0 aliphatic rings. The molecule has 21 heavy (non-hydrogen) atoms. The van der Waals surface area contributed by atoms with Gasteiger partial charge in [-0.2, -0.15) is 0 Å².